The number of halogens is 12. The normalized spacial score (nSPS) is 16.3. The molecule has 0 aromatic heterocycles. The number of benzene rings is 2. The third-order valence-corrected chi connectivity index (χ3v) is 5.82. The smallest absolute Gasteiger partial charge is 0.399 e. The van der Waals surface area contributed by atoms with Crippen molar-refractivity contribution in [3.63, 3.8) is 0 Å². The summed E-state index contributed by atoms with van der Waals surface area (Å²) >= 11 is 0. The molecule has 2 aromatic rings. The largest absolute Gasteiger partial charge is 0.430 e. The molecule has 20 heteroatoms. The molecule has 0 aliphatic carbocycles. The highest BCUT2D eigenvalue weighted by atomic mass is 19.4. The molecule has 0 spiro atoms. The van der Waals surface area contributed by atoms with E-state index in [2.05, 4.69) is 0 Å². The van der Waals surface area contributed by atoms with Crippen molar-refractivity contribution in [3.05, 3.63) is 41.0 Å². The quantitative estimate of drug-likeness (QED) is 0.185. The van der Waals surface area contributed by atoms with Gasteiger partial charge in [0, 0.05) is 33.8 Å². The number of nitrogens with two attached hydrogens (primary N) is 5. The van der Waals surface area contributed by atoms with Crippen LogP contribution in [0.5, 0.6) is 0 Å². The van der Waals surface area contributed by atoms with Crippen molar-refractivity contribution in [2.75, 3.05) is 28.7 Å². The molecule has 0 fully saturated rings. The Morgan fingerprint density at radius 1 is 0.463 bits per heavy atom. The Hall–Kier alpha value is -3.52. The van der Waals surface area contributed by atoms with Gasteiger partial charge in [-0.05, 0) is 38.1 Å². The van der Waals surface area contributed by atoms with Crippen molar-refractivity contribution in [3.8, 4) is 0 Å². The fraction of sp³-hybridized carbons (Fsp3) is 0.429. The van der Waals surface area contributed by atoms with E-state index < -0.39 is 69.6 Å². The summed E-state index contributed by atoms with van der Waals surface area (Å²) in [6.45, 7) is 0.663. The lowest BCUT2D eigenvalue weighted by Gasteiger charge is -2.35. The van der Waals surface area contributed by atoms with E-state index in [0.29, 0.717) is 6.92 Å². The predicted molar refractivity (Wildman–Crippen MR) is 122 cm³/mol. The summed E-state index contributed by atoms with van der Waals surface area (Å²) in [6, 6.07) is 1.98. The average Bonchev–Trinajstić information content (AvgIpc) is 2.72. The molecule has 0 saturated heterocycles. The van der Waals surface area contributed by atoms with E-state index in [1.165, 1.54) is 6.07 Å². The minimum atomic E-state index is -6.38. The number of aliphatic hydroxyl groups is 3. The minimum Gasteiger partial charge on any atom is -0.399 e. The Bertz CT molecular complexity index is 1260. The second kappa shape index (κ2) is 10.4. The molecule has 0 bridgehead atoms. The summed E-state index contributed by atoms with van der Waals surface area (Å²) in [5.41, 5.74) is 6.72. The number of anilines is 5. The topological polar surface area (TPSA) is 191 Å². The van der Waals surface area contributed by atoms with E-state index in [-0.39, 0.29) is 36.1 Å². The highest BCUT2D eigenvalue weighted by Crippen LogP contribution is 2.53. The number of nitrogen functional groups attached to an aromatic ring is 5. The van der Waals surface area contributed by atoms with Gasteiger partial charge in [-0.25, -0.2) is 0 Å². The molecular weight excluding hydrogens is 598 g/mol. The molecule has 2 aromatic carbocycles. The summed E-state index contributed by atoms with van der Waals surface area (Å²) in [5, 5.41) is 28.2. The van der Waals surface area contributed by atoms with Crippen LogP contribution >= 0.6 is 0 Å². The van der Waals surface area contributed by atoms with E-state index in [1.54, 1.807) is 0 Å². The number of rotatable bonds is 3. The van der Waals surface area contributed by atoms with E-state index in [0.717, 1.165) is 6.07 Å². The van der Waals surface area contributed by atoms with Crippen LogP contribution in [0.3, 0.4) is 0 Å². The molecular formula is C21H23F12N5O3. The Morgan fingerprint density at radius 3 is 1.20 bits per heavy atom. The van der Waals surface area contributed by atoms with Crippen LogP contribution < -0.4 is 28.7 Å². The van der Waals surface area contributed by atoms with E-state index in [4.69, 9.17) is 28.7 Å². The van der Waals surface area contributed by atoms with E-state index in [1.807, 2.05) is 0 Å². The lowest BCUT2D eigenvalue weighted by Crippen LogP contribution is -2.54. The zero-order valence-electron chi connectivity index (χ0n) is 20.6. The summed E-state index contributed by atoms with van der Waals surface area (Å²) in [4.78, 5) is 0. The third kappa shape index (κ3) is 6.38. The van der Waals surface area contributed by atoms with Gasteiger partial charge in [-0.2, -0.15) is 52.7 Å². The van der Waals surface area contributed by atoms with Crippen LogP contribution in [0.4, 0.5) is 81.1 Å². The van der Waals surface area contributed by atoms with Crippen molar-refractivity contribution < 1.29 is 68.0 Å². The van der Waals surface area contributed by atoms with Gasteiger partial charge in [0.15, 0.2) is 11.2 Å². The summed E-state index contributed by atoms with van der Waals surface area (Å²) in [5.74, 6) is 0. The second-order valence-corrected chi connectivity index (χ2v) is 8.94. The maximum Gasteiger partial charge on any atom is 0.430 e. The van der Waals surface area contributed by atoms with Gasteiger partial charge >= 0.3 is 24.7 Å². The van der Waals surface area contributed by atoms with Crippen LogP contribution in [-0.4, -0.2) is 40.0 Å². The Labute approximate surface area is 222 Å². The Morgan fingerprint density at radius 2 is 0.829 bits per heavy atom. The number of alkyl halides is 12. The zero-order valence-corrected chi connectivity index (χ0v) is 20.6. The predicted octanol–water partition coefficient (Wildman–Crippen LogP) is 4.14. The van der Waals surface area contributed by atoms with Crippen molar-refractivity contribution in [1.82, 2.24) is 0 Å². The lowest BCUT2D eigenvalue weighted by atomic mass is 9.84. The van der Waals surface area contributed by atoms with Crippen LogP contribution in [-0.2, 0) is 16.8 Å². The third-order valence-electron chi connectivity index (χ3n) is 5.82. The van der Waals surface area contributed by atoms with Gasteiger partial charge in [0.25, 0.3) is 5.60 Å². The molecule has 0 amide bonds. The SMILES string of the molecule is CC(O)(c1cc(C(O)(C(F)(F)F)C(F)(F)F)c(N)cc1N)C(F)(F)F.CC(O)(c1cc(N)cc(N)c1N)C(F)(F)F. The van der Waals surface area contributed by atoms with Crippen molar-refractivity contribution in [2.45, 2.75) is 55.4 Å². The van der Waals surface area contributed by atoms with Gasteiger partial charge in [-0.15, -0.1) is 0 Å². The minimum absolute atomic E-state index is 0.00576. The van der Waals surface area contributed by atoms with Gasteiger partial charge < -0.3 is 44.0 Å². The molecule has 234 valence electrons. The molecule has 41 heavy (non-hydrogen) atoms. The Kier molecular flexibility index (Phi) is 9.00. The first kappa shape index (κ1) is 35.5. The molecule has 2 unspecified atom stereocenters. The fourth-order valence-electron chi connectivity index (χ4n) is 3.24. The molecule has 0 saturated carbocycles. The second-order valence-electron chi connectivity index (χ2n) is 8.94. The van der Waals surface area contributed by atoms with Gasteiger partial charge in [-0.1, -0.05) is 0 Å². The first-order valence-corrected chi connectivity index (χ1v) is 10.4. The van der Waals surface area contributed by atoms with Crippen LogP contribution in [0, 0.1) is 0 Å². The maximum absolute atomic E-state index is 12.9. The number of hydrogen-bond donors (Lipinski definition) is 8. The first-order chi connectivity index (χ1) is 17.9. The van der Waals surface area contributed by atoms with Crippen LogP contribution in [0.2, 0.25) is 0 Å². The standard InChI is InChI=1S/C12H11F9N2O2.C9H12F3N3O/c1-8(24,10(13,14)15)4-2-5(7(23)3-6(4)22)9(25,11(16,17)18)12(19,20)21;1-8(16,9(10,11)12)5-2-4(13)3-6(14)7(5)15/h2-3,24-25H,22-23H2,1H3;2-3,16H,13-15H2,1H3. The van der Waals surface area contributed by atoms with Crippen LogP contribution in [0.25, 0.3) is 0 Å². The maximum atomic E-state index is 12.9. The summed E-state index contributed by atoms with van der Waals surface area (Å²) < 4.78 is 154. The summed E-state index contributed by atoms with van der Waals surface area (Å²) in [7, 11) is 0. The van der Waals surface area contributed by atoms with Crippen molar-refractivity contribution >= 4 is 28.4 Å². The first-order valence-electron chi connectivity index (χ1n) is 10.4. The molecule has 0 radical (unpaired) electrons. The molecule has 13 N–H and O–H groups in total. The van der Waals surface area contributed by atoms with Crippen LogP contribution in [0.15, 0.2) is 24.3 Å². The van der Waals surface area contributed by atoms with E-state index >= 15 is 0 Å². The van der Waals surface area contributed by atoms with Crippen molar-refractivity contribution in [1.29, 1.82) is 0 Å². The highest BCUT2D eigenvalue weighted by molar-refractivity contribution is 5.74. The molecule has 2 atom stereocenters. The number of hydrogen-bond acceptors (Lipinski definition) is 8. The average molecular weight is 621 g/mol. The molecule has 2 rings (SSSR count). The van der Waals surface area contributed by atoms with E-state index in [9.17, 15) is 68.0 Å². The zero-order chi connectivity index (χ0) is 32.9. The van der Waals surface area contributed by atoms with Crippen molar-refractivity contribution in [2.24, 2.45) is 0 Å². The van der Waals surface area contributed by atoms with Gasteiger partial charge in [-0.3, -0.25) is 0 Å². The molecule has 0 aliphatic rings. The Balaban J connectivity index is 0.000000452. The monoisotopic (exact) mass is 621 g/mol. The van der Waals surface area contributed by atoms with Crippen LogP contribution in [0.1, 0.15) is 30.5 Å². The lowest BCUT2D eigenvalue weighted by molar-refractivity contribution is -0.376. The van der Waals surface area contributed by atoms with Gasteiger partial charge in [0.2, 0.25) is 0 Å². The molecule has 0 aliphatic heterocycles. The van der Waals surface area contributed by atoms with Gasteiger partial charge in [0.05, 0.1) is 11.4 Å². The highest BCUT2D eigenvalue weighted by Gasteiger charge is 2.72. The molecule has 8 nitrogen and oxygen atoms in total. The fourth-order valence-corrected chi connectivity index (χ4v) is 3.24. The molecule has 0 heterocycles. The summed E-state index contributed by atoms with van der Waals surface area (Å²) in [6.07, 6.45) is -23.1. The van der Waals surface area contributed by atoms with Gasteiger partial charge in [0.1, 0.15) is 0 Å².